The molecule has 0 saturated carbocycles. The Morgan fingerprint density at radius 1 is 0.889 bits per heavy atom. The lowest BCUT2D eigenvalue weighted by Gasteiger charge is -2.08. The van der Waals surface area contributed by atoms with E-state index in [1.165, 1.54) is 6.07 Å². The van der Waals surface area contributed by atoms with E-state index in [1.54, 1.807) is 30.5 Å². The summed E-state index contributed by atoms with van der Waals surface area (Å²) in [6.45, 7) is 0. The first-order valence-corrected chi connectivity index (χ1v) is 8.65. The summed E-state index contributed by atoms with van der Waals surface area (Å²) in [4.78, 5) is 8.96. The molecule has 0 atom stereocenters. The smallest absolute Gasteiger partial charge is 0.165 e. The third-order valence-electron chi connectivity index (χ3n) is 4.00. The molecular formula is C21H14ClFN4. The number of aromatic nitrogens is 2. The van der Waals surface area contributed by atoms with Gasteiger partial charge in [0.15, 0.2) is 11.6 Å². The van der Waals surface area contributed by atoms with Gasteiger partial charge in [-0.2, -0.15) is 5.10 Å². The highest BCUT2D eigenvalue weighted by molar-refractivity contribution is 6.33. The number of benzene rings is 3. The molecule has 132 valence electrons. The average Bonchev–Trinajstić information content (AvgIpc) is 2.69. The molecule has 0 aliphatic rings. The van der Waals surface area contributed by atoms with Gasteiger partial charge >= 0.3 is 0 Å². The topological polar surface area (TPSA) is 50.2 Å². The van der Waals surface area contributed by atoms with E-state index in [9.17, 15) is 4.39 Å². The van der Waals surface area contributed by atoms with Gasteiger partial charge in [0.1, 0.15) is 5.82 Å². The Balaban J connectivity index is 1.75. The van der Waals surface area contributed by atoms with E-state index in [0.717, 1.165) is 10.9 Å². The standard InChI is InChI=1S/C21H14ClFN4/c22-17-10-4-1-7-14(17)13-24-27-21-16-9-3-6-12-19(16)25-20(26-21)15-8-2-5-11-18(15)23/h1-13H,(H,25,26,27)/b24-13-. The summed E-state index contributed by atoms with van der Waals surface area (Å²) in [6, 6.07) is 21.3. The molecule has 6 heteroatoms. The molecule has 4 nitrogen and oxygen atoms in total. The van der Waals surface area contributed by atoms with E-state index in [4.69, 9.17) is 11.6 Å². The van der Waals surface area contributed by atoms with Crippen LogP contribution in [0, 0.1) is 5.82 Å². The molecule has 0 radical (unpaired) electrons. The second kappa shape index (κ2) is 7.51. The van der Waals surface area contributed by atoms with E-state index >= 15 is 0 Å². The fourth-order valence-corrected chi connectivity index (χ4v) is 2.85. The van der Waals surface area contributed by atoms with Crippen LogP contribution in [0.2, 0.25) is 5.02 Å². The van der Waals surface area contributed by atoms with Gasteiger partial charge in [-0.1, -0.05) is 54.1 Å². The van der Waals surface area contributed by atoms with Gasteiger partial charge in [-0.25, -0.2) is 14.4 Å². The summed E-state index contributed by atoms with van der Waals surface area (Å²) in [5, 5.41) is 5.62. The number of fused-ring (bicyclic) bond motifs is 1. The zero-order valence-electron chi connectivity index (χ0n) is 14.1. The first-order valence-electron chi connectivity index (χ1n) is 8.27. The zero-order valence-corrected chi connectivity index (χ0v) is 14.9. The van der Waals surface area contributed by atoms with Gasteiger partial charge in [0, 0.05) is 16.0 Å². The highest BCUT2D eigenvalue weighted by Crippen LogP contribution is 2.26. The highest BCUT2D eigenvalue weighted by Gasteiger charge is 2.12. The number of rotatable bonds is 4. The molecule has 4 aromatic rings. The second-order valence-electron chi connectivity index (χ2n) is 5.78. The average molecular weight is 377 g/mol. The Labute approximate surface area is 160 Å². The van der Waals surface area contributed by atoms with Crippen LogP contribution in [0.25, 0.3) is 22.3 Å². The normalized spacial score (nSPS) is 11.2. The molecule has 4 rings (SSSR count). The van der Waals surface area contributed by atoms with Crippen LogP contribution in [0.3, 0.4) is 0 Å². The van der Waals surface area contributed by atoms with Crippen LogP contribution >= 0.6 is 11.6 Å². The van der Waals surface area contributed by atoms with E-state index in [1.807, 2.05) is 42.5 Å². The molecule has 0 bridgehead atoms. The minimum absolute atomic E-state index is 0.294. The first-order chi connectivity index (χ1) is 13.2. The summed E-state index contributed by atoms with van der Waals surface area (Å²) in [5.74, 6) is 0.405. The minimum Gasteiger partial charge on any atom is -0.261 e. The Morgan fingerprint density at radius 3 is 2.48 bits per heavy atom. The quantitative estimate of drug-likeness (QED) is 0.376. The number of hydrogen-bond acceptors (Lipinski definition) is 4. The fraction of sp³-hybridized carbons (Fsp3) is 0. The largest absolute Gasteiger partial charge is 0.261 e. The molecule has 27 heavy (non-hydrogen) atoms. The van der Waals surface area contributed by atoms with Crippen molar-refractivity contribution in [2.75, 3.05) is 5.43 Å². The van der Waals surface area contributed by atoms with E-state index in [2.05, 4.69) is 20.5 Å². The second-order valence-corrected chi connectivity index (χ2v) is 6.19. The lowest BCUT2D eigenvalue weighted by atomic mass is 10.1. The van der Waals surface area contributed by atoms with Crippen molar-refractivity contribution >= 4 is 34.5 Å². The van der Waals surface area contributed by atoms with Crippen molar-refractivity contribution in [1.29, 1.82) is 0 Å². The molecular weight excluding hydrogens is 363 g/mol. The molecule has 0 unspecified atom stereocenters. The number of nitrogens with zero attached hydrogens (tertiary/aromatic N) is 3. The molecule has 0 aliphatic heterocycles. The number of hydrogen-bond donors (Lipinski definition) is 1. The maximum atomic E-state index is 14.2. The monoisotopic (exact) mass is 376 g/mol. The van der Waals surface area contributed by atoms with Crippen LogP contribution in [-0.2, 0) is 0 Å². The molecule has 3 aromatic carbocycles. The molecule has 0 amide bonds. The number of halogens is 2. The van der Waals surface area contributed by atoms with E-state index < -0.39 is 0 Å². The number of anilines is 1. The molecule has 0 saturated heterocycles. The molecule has 0 spiro atoms. The van der Waals surface area contributed by atoms with Crippen molar-refractivity contribution in [2.45, 2.75) is 0 Å². The molecule has 0 fully saturated rings. The third-order valence-corrected chi connectivity index (χ3v) is 4.34. The van der Waals surface area contributed by atoms with Crippen LogP contribution in [-0.4, -0.2) is 16.2 Å². The van der Waals surface area contributed by atoms with Crippen LogP contribution in [0.5, 0.6) is 0 Å². The molecule has 1 heterocycles. The van der Waals surface area contributed by atoms with Gasteiger partial charge in [0.25, 0.3) is 0 Å². The SMILES string of the molecule is Fc1ccccc1-c1nc(N/N=C\c2ccccc2Cl)c2ccccc2n1. The lowest BCUT2D eigenvalue weighted by Crippen LogP contribution is -2.00. The Morgan fingerprint density at radius 2 is 1.63 bits per heavy atom. The van der Waals surface area contributed by atoms with Crippen molar-refractivity contribution in [3.63, 3.8) is 0 Å². The van der Waals surface area contributed by atoms with Gasteiger partial charge in [-0.15, -0.1) is 0 Å². The summed E-state index contributed by atoms with van der Waals surface area (Å²) in [5.41, 5.74) is 4.74. The van der Waals surface area contributed by atoms with Crippen molar-refractivity contribution in [1.82, 2.24) is 9.97 Å². The number of hydrazone groups is 1. The van der Waals surface area contributed by atoms with Crippen LogP contribution in [0.15, 0.2) is 77.9 Å². The van der Waals surface area contributed by atoms with Gasteiger partial charge in [0.2, 0.25) is 0 Å². The van der Waals surface area contributed by atoms with Gasteiger partial charge < -0.3 is 0 Å². The summed E-state index contributed by atoms with van der Waals surface area (Å²) < 4.78 is 14.2. The Bertz CT molecular complexity index is 1140. The summed E-state index contributed by atoms with van der Waals surface area (Å²) in [7, 11) is 0. The maximum Gasteiger partial charge on any atom is 0.165 e. The minimum atomic E-state index is -0.377. The molecule has 0 aliphatic carbocycles. The predicted molar refractivity (Wildman–Crippen MR) is 108 cm³/mol. The Hall–Kier alpha value is -3.31. The Kier molecular flexibility index (Phi) is 4.77. The number of nitrogens with one attached hydrogen (secondary N) is 1. The zero-order chi connectivity index (χ0) is 18.6. The maximum absolute atomic E-state index is 14.2. The van der Waals surface area contributed by atoms with Crippen LogP contribution in [0.1, 0.15) is 5.56 Å². The van der Waals surface area contributed by atoms with E-state index in [-0.39, 0.29) is 5.82 Å². The predicted octanol–water partition coefficient (Wildman–Crippen LogP) is 5.54. The fourth-order valence-electron chi connectivity index (χ4n) is 2.67. The van der Waals surface area contributed by atoms with E-state index in [0.29, 0.717) is 27.7 Å². The van der Waals surface area contributed by atoms with Gasteiger partial charge in [0.05, 0.1) is 17.3 Å². The third kappa shape index (κ3) is 3.64. The molecule has 1 aromatic heterocycles. The summed E-state index contributed by atoms with van der Waals surface area (Å²) >= 11 is 6.14. The first kappa shape index (κ1) is 17.1. The number of para-hydroxylation sites is 1. The van der Waals surface area contributed by atoms with Gasteiger partial charge in [-0.05, 0) is 30.3 Å². The van der Waals surface area contributed by atoms with Crippen molar-refractivity contribution in [2.24, 2.45) is 5.10 Å². The summed E-state index contributed by atoms with van der Waals surface area (Å²) in [6.07, 6.45) is 1.61. The van der Waals surface area contributed by atoms with Crippen molar-refractivity contribution in [3.05, 3.63) is 89.2 Å². The molecule has 1 N–H and O–H groups in total. The van der Waals surface area contributed by atoms with Crippen LogP contribution < -0.4 is 5.43 Å². The highest BCUT2D eigenvalue weighted by atomic mass is 35.5. The van der Waals surface area contributed by atoms with Crippen LogP contribution in [0.4, 0.5) is 10.2 Å². The van der Waals surface area contributed by atoms with Gasteiger partial charge in [-0.3, -0.25) is 5.43 Å². The van der Waals surface area contributed by atoms with Crippen molar-refractivity contribution in [3.8, 4) is 11.4 Å². The van der Waals surface area contributed by atoms with Crippen molar-refractivity contribution < 1.29 is 4.39 Å². The lowest BCUT2D eigenvalue weighted by molar-refractivity contribution is 0.630.